The van der Waals surface area contributed by atoms with E-state index >= 15 is 0 Å². The number of carbonyl (C=O) groups is 1. The van der Waals surface area contributed by atoms with Crippen LogP contribution in [0.3, 0.4) is 0 Å². The molecule has 2 aromatic carbocycles. The molecule has 150 valence electrons. The van der Waals surface area contributed by atoms with Crippen molar-refractivity contribution in [3.63, 3.8) is 0 Å². The molecule has 2 heterocycles. The van der Waals surface area contributed by atoms with Crippen molar-refractivity contribution in [1.82, 2.24) is 14.8 Å². The van der Waals surface area contributed by atoms with E-state index in [0.29, 0.717) is 38.3 Å². The molecule has 3 aromatic rings. The zero-order valence-electron chi connectivity index (χ0n) is 16.0. The van der Waals surface area contributed by atoms with Gasteiger partial charge in [-0.15, -0.1) is 0 Å². The molecule has 1 aliphatic heterocycles. The Labute approximate surface area is 166 Å². The van der Waals surface area contributed by atoms with Gasteiger partial charge in [-0.3, -0.25) is 14.5 Å². The number of nitrogens with zero attached hydrogens (tertiary/aromatic N) is 2. The van der Waals surface area contributed by atoms with Crippen molar-refractivity contribution in [3.8, 4) is 0 Å². The van der Waals surface area contributed by atoms with Crippen LogP contribution in [-0.2, 0) is 6.54 Å². The van der Waals surface area contributed by atoms with Gasteiger partial charge < -0.3 is 9.88 Å². The van der Waals surface area contributed by atoms with Gasteiger partial charge in [0.15, 0.2) is 11.6 Å². The number of amides is 1. The number of benzene rings is 2. The third-order valence-electron chi connectivity index (χ3n) is 5.30. The van der Waals surface area contributed by atoms with Crippen LogP contribution < -0.4 is 5.56 Å². The topological polar surface area (TPSA) is 56.4 Å². The Morgan fingerprint density at radius 1 is 1.00 bits per heavy atom. The van der Waals surface area contributed by atoms with E-state index in [1.54, 1.807) is 4.90 Å². The van der Waals surface area contributed by atoms with Crippen LogP contribution in [0, 0.1) is 18.6 Å². The van der Waals surface area contributed by atoms with Gasteiger partial charge in [0.1, 0.15) is 0 Å². The van der Waals surface area contributed by atoms with Crippen molar-refractivity contribution >= 4 is 16.8 Å². The smallest absolute Gasteiger partial charge is 0.254 e. The minimum atomic E-state index is -1.03. The average Bonchev–Trinajstić information content (AvgIpc) is 2.71. The molecule has 1 amide bonds. The van der Waals surface area contributed by atoms with Crippen LogP contribution in [0.4, 0.5) is 8.78 Å². The number of H-pyrrole nitrogens is 1. The second kappa shape index (κ2) is 7.75. The number of carbonyl (C=O) groups excluding carboxylic acids is 1. The molecule has 0 radical (unpaired) electrons. The van der Waals surface area contributed by atoms with Crippen LogP contribution in [-0.4, -0.2) is 46.9 Å². The number of hydrogen-bond acceptors (Lipinski definition) is 3. The van der Waals surface area contributed by atoms with Gasteiger partial charge in [-0.05, 0) is 48.2 Å². The molecule has 0 atom stereocenters. The number of aromatic amines is 1. The minimum Gasteiger partial charge on any atom is -0.336 e. The first kappa shape index (κ1) is 19.3. The number of piperazine rings is 1. The van der Waals surface area contributed by atoms with Crippen molar-refractivity contribution in [2.75, 3.05) is 26.2 Å². The third-order valence-corrected chi connectivity index (χ3v) is 5.30. The number of rotatable bonds is 3. The fourth-order valence-corrected chi connectivity index (χ4v) is 3.64. The zero-order chi connectivity index (χ0) is 20.5. The van der Waals surface area contributed by atoms with E-state index in [4.69, 9.17) is 0 Å². The van der Waals surface area contributed by atoms with E-state index in [0.717, 1.165) is 28.6 Å². The lowest BCUT2D eigenvalue weighted by atomic mass is 10.1. The molecular weight excluding hydrogens is 376 g/mol. The molecular formula is C22H21F2N3O2. The first-order chi connectivity index (χ1) is 13.9. The quantitative estimate of drug-likeness (QED) is 0.739. The molecule has 1 saturated heterocycles. The molecule has 0 bridgehead atoms. The largest absolute Gasteiger partial charge is 0.336 e. The van der Waals surface area contributed by atoms with Crippen molar-refractivity contribution < 1.29 is 13.6 Å². The second-order valence-electron chi connectivity index (χ2n) is 7.41. The highest BCUT2D eigenvalue weighted by atomic mass is 19.2. The number of pyridine rings is 1. The number of fused-ring (bicyclic) bond motifs is 1. The van der Waals surface area contributed by atoms with Crippen molar-refractivity contribution in [2.45, 2.75) is 13.5 Å². The molecule has 5 nitrogen and oxygen atoms in total. The van der Waals surface area contributed by atoms with Crippen LogP contribution in [0.15, 0.2) is 47.3 Å². The summed E-state index contributed by atoms with van der Waals surface area (Å²) in [6.45, 7) is 4.59. The molecule has 0 aliphatic carbocycles. The summed E-state index contributed by atoms with van der Waals surface area (Å²) in [5.41, 5.74) is 2.62. The summed E-state index contributed by atoms with van der Waals surface area (Å²) < 4.78 is 26.5. The maximum Gasteiger partial charge on any atom is 0.254 e. The van der Waals surface area contributed by atoms with Gasteiger partial charge in [0, 0.05) is 49.4 Å². The molecule has 0 unspecified atom stereocenters. The Hall–Kier alpha value is -3.06. The highest BCUT2D eigenvalue weighted by Gasteiger charge is 2.23. The van der Waals surface area contributed by atoms with Crippen LogP contribution in [0.5, 0.6) is 0 Å². The summed E-state index contributed by atoms with van der Waals surface area (Å²) >= 11 is 0. The van der Waals surface area contributed by atoms with Crippen LogP contribution >= 0.6 is 0 Å². The van der Waals surface area contributed by atoms with Gasteiger partial charge in [0.25, 0.3) is 11.5 Å². The van der Waals surface area contributed by atoms with Gasteiger partial charge in [0.05, 0.1) is 0 Å². The van der Waals surface area contributed by atoms with Gasteiger partial charge in [-0.1, -0.05) is 12.1 Å². The summed E-state index contributed by atoms with van der Waals surface area (Å²) in [6.07, 6.45) is 0. The van der Waals surface area contributed by atoms with E-state index in [2.05, 4.69) is 9.88 Å². The lowest BCUT2D eigenvalue weighted by Gasteiger charge is -2.34. The number of halogens is 2. The van der Waals surface area contributed by atoms with Gasteiger partial charge >= 0.3 is 0 Å². The Morgan fingerprint density at radius 3 is 2.48 bits per heavy atom. The monoisotopic (exact) mass is 397 g/mol. The Balaban J connectivity index is 1.42. The van der Waals surface area contributed by atoms with E-state index in [9.17, 15) is 18.4 Å². The molecule has 7 heteroatoms. The fourth-order valence-electron chi connectivity index (χ4n) is 3.64. The summed E-state index contributed by atoms with van der Waals surface area (Å²) in [5, 5.41) is 0.984. The van der Waals surface area contributed by atoms with E-state index in [1.165, 1.54) is 6.07 Å². The molecule has 1 fully saturated rings. The summed E-state index contributed by atoms with van der Waals surface area (Å²) in [7, 11) is 0. The predicted octanol–water partition coefficient (Wildman–Crippen LogP) is 3.07. The minimum absolute atomic E-state index is 0.108. The average molecular weight is 397 g/mol. The first-order valence-electron chi connectivity index (χ1n) is 9.50. The highest BCUT2D eigenvalue weighted by Crippen LogP contribution is 2.16. The molecule has 1 aromatic heterocycles. The van der Waals surface area contributed by atoms with Crippen molar-refractivity contribution in [3.05, 3.63) is 81.1 Å². The SMILES string of the molecule is Cc1ccc2cc(CN3CCN(C(=O)c4ccc(F)c(F)c4)CC3)c(=O)[nH]c2c1. The second-order valence-corrected chi connectivity index (χ2v) is 7.41. The number of nitrogens with one attached hydrogen (secondary N) is 1. The van der Waals surface area contributed by atoms with Crippen LogP contribution in [0.2, 0.25) is 0 Å². The Kier molecular flexibility index (Phi) is 5.15. The maximum atomic E-state index is 13.4. The molecule has 1 aliphatic rings. The van der Waals surface area contributed by atoms with E-state index in [1.807, 2.05) is 31.2 Å². The fraction of sp³-hybridized carbons (Fsp3) is 0.273. The number of hydrogen-bond donors (Lipinski definition) is 1. The Morgan fingerprint density at radius 2 is 1.76 bits per heavy atom. The van der Waals surface area contributed by atoms with Crippen LogP contribution in [0.1, 0.15) is 21.5 Å². The predicted molar refractivity (Wildman–Crippen MR) is 107 cm³/mol. The van der Waals surface area contributed by atoms with Crippen molar-refractivity contribution in [2.24, 2.45) is 0 Å². The Bertz CT molecular complexity index is 1130. The van der Waals surface area contributed by atoms with Gasteiger partial charge in [-0.2, -0.15) is 0 Å². The summed E-state index contributed by atoms with van der Waals surface area (Å²) in [6, 6.07) is 11.0. The van der Waals surface area contributed by atoms with Crippen molar-refractivity contribution in [1.29, 1.82) is 0 Å². The highest BCUT2D eigenvalue weighted by molar-refractivity contribution is 5.94. The first-order valence-corrected chi connectivity index (χ1v) is 9.50. The normalized spacial score (nSPS) is 15.1. The molecule has 4 rings (SSSR count). The van der Waals surface area contributed by atoms with Crippen LogP contribution in [0.25, 0.3) is 10.9 Å². The zero-order valence-corrected chi connectivity index (χ0v) is 16.0. The third kappa shape index (κ3) is 4.05. The lowest BCUT2D eigenvalue weighted by Crippen LogP contribution is -2.48. The summed E-state index contributed by atoms with van der Waals surface area (Å²) in [5.74, 6) is -2.31. The van der Waals surface area contributed by atoms with E-state index in [-0.39, 0.29) is 17.0 Å². The summed E-state index contributed by atoms with van der Waals surface area (Å²) in [4.78, 5) is 31.6. The number of aromatic nitrogens is 1. The molecule has 1 N–H and O–H groups in total. The van der Waals surface area contributed by atoms with E-state index < -0.39 is 11.6 Å². The van der Waals surface area contributed by atoms with Gasteiger partial charge in [0.2, 0.25) is 0 Å². The molecule has 0 saturated carbocycles. The number of aryl methyl sites for hydroxylation is 1. The lowest BCUT2D eigenvalue weighted by molar-refractivity contribution is 0.0627. The molecule has 29 heavy (non-hydrogen) atoms. The maximum absolute atomic E-state index is 13.4. The van der Waals surface area contributed by atoms with Gasteiger partial charge in [-0.25, -0.2) is 8.78 Å². The molecule has 0 spiro atoms. The standard InChI is InChI=1S/C22H21F2N3O2/c1-14-2-3-15-11-17(21(28)25-20(15)10-14)13-26-6-8-27(9-7-26)22(29)16-4-5-18(23)19(24)12-16/h2-5,10-12H,6-9,13H2,1H3,(H,25,28).